The Morgan fingerprint density at radius 1 is 1.43 bits per heavy atom. The third kappa shape index (κ3) is 3.81. The van der Waals surface area contributed by atoms with E-state index in [1.807, 2.05) is 0 Å². The van der Waals surface area contributed by atoms with Gasteiger partial charge >= 0.3 is 10.4 Å². The summed E-state index contributed by atoms with van der Waals surface area (Å²) in [5, 5.41) is 0. The van der Waals surface area contributed by atoms with Gasteiger partial charge in [0.05, 0.1) is 0 Å². The fourth-order valence-electron chi connectivity index (χ4n) is 5.09. The first-order valence-electron chi connectivity index (χ1n) is 8.28. The molecule has 0 spiro atoms. The molecule has 130 valence electrons. The summed E-state index contributed by atoms with van der Waals surface area (Å²) in [7, 11) is -4.54. The first-order chi connectivity index (χ1) is 10.5. The second kappa shape index (κ2) is 6.23. The lowest BCUT2D eigenvalue weighted by molar-refractivity contribution is -0.0447. The Hall–Kier alpha value is -0.830. The van der Waals surface area contributed by atoms with E-state index >= 15 is 0 Å². The molecule has 4 nitrogen and oxygen atoms in total. The highest BCUT2D eigenvalue weighted by Gasteiger charge is 2.52. The van der Waals surface area contributed by atoms with Gasteiger partial charge in [0.1, 0.15) is 6.10 Å². The van der Waals surface area contributed by atoms with E-state index in [0.717, 1.165) is 12.8 Å². The van der Waals surface area contributed by atoms with Crippen molar-refractivity contribution in [1.29, 1.82) is 0 Å². The zero-order valence-corrected chi connectivity index (χ0v) is 15.3. The van der Waals surface area contributed by atoms with Gasteiger partial charge in [-0.2, -0.15) is 8.42 Å². The molecule has 1 fully saturated rings. The van der Waals surface area contributed by atoms with Crippen molar-refractivity contribution < 1.29 is 17.2 Å². The van der Waals surface area contributed by atoms with Crippen molar-refractivity contribution in [2.75, 3.05) is 0 Å². The van der Waals surface area contributed by atoms with Gasteiger partial charge in [-0.1, -0.05) is 44.8 Å². The molecule has 0 aliphatic heterocycles. The maximum atomic E-state index is 11.0. The molecule has 4 atom stereocenters. The van der Waals surface area contributed by atoms with Gasteiger partial charge in [-0.05, 0) is 55.3 Å². The number of rotatable bonds is 4. The number of fused-ring (bicyclic) bond motifs is 1. The molecule has 0 aromatic carbocycles. The Balaban J connectivity index is 2.30. The van der Waals surface area contributed by atoms with Crippen molar-refractivity contribution in [1.82, 2.24) is 0 Å². The average Bonchev–Trinajstić information content (AvgIpc) is 2.39. The molecule has 0 amide bonds. The molecule has 0 aromatic heterocycles. The summed E-state index contributed by atoms with van der Waals surface area (Å²) in [6, 6.07) is 0. The maximum Gasteiger partial charge on any atom is 0.398 e. The Morgan fingerprint density at radius 2 is 2.09 bits per heavy atom. The summed E-state index contributed by atoms with van der Waals surface area (Å²) in [6.07, 6.45) is 11.8. The molecule has 2 rings (SSSR count). The molecule has 0 radical (unpaired) electrons. The van der Waals surface area contributed by atoms with E-state index < -0.39 is 16.5 Å². The van der Waals surface area contributed by atoms with Crippen LogP contribution >= 0.6 is 0 Å². The van der Waals surface area contributed by atoms with Crippen LogP contribution < -0.4 is 0 Å². The Morgan fingerprint density at radius 3 is 2.65 bits per heavy atom. The average molecular weight is 340 g/mol. The maximum absolute atomic E-state index is 11.0. The van der Waals surface area contributed by atoms with Crippen molar-refractivity contribution in [2.24, 2.45) is 22.7 Å². The van der Waals surface area contributed by atoms with Crippen molar-refractivity contribution in [3.63, 3.8) is 0 Å². The smallest absolute Gasteiger partial charge is 0.263 e. The summed E-state index contributed by atoms with van der Waals surface area (Å²) in [5.74, 6) is 3.08. The largest absolute Gasteiger partial charge is 0.398 e. The molecule has 0 heterocycles. The van der Waals surface area contributed by atoms with Gasteiger partial charge in [0.15, 0.2) is 0 Å². The number of allylic oxidation sites excluding steroid dienone is 2. The van der Waals surface area contributed by atoms with Crippen molar-refractivity contribution >= 4 is 10.4 Å². The first-order valence-corrected chi connectivity index (χ1v) is 9.64. The zero-order chi connectivity index (χ0) is 17.5. The topological polar surface area (TPSA) is 63.6 Å². The Labute approximate surface area is 140 Å². The quantitative estimate of drug-likeness (QED) is 0.477. The van der Waals surface area contributed by atoms with Gasteiger partial charge in [0, 0.05) is 0 Å². The number of hydrogen-bond donors (Lipinski definition) is 1. The van der Waals surface area contributed by atoms with Crippen LogP contribution in [0, 0.1) is 35.0 Å². The van der Waals surface area contributed by atoms with Crippen LogP contribution in [-0.2, 0) is 14.6 Å². The van der Waals surface area contributed by atoms with Gasteiger partial charge in [0.25, 0.3) is 0 Å². The van der Waals surface area contributed by atoms with E-state index in [1.165, 1.54) is 18.4 Å². The van der Waals surface area contributed by atoms with Crippen LogP contribution in [0.5, 0.6) is 0 Å². The minimum Gasteiger partial charge on any atom is -0.263 e. The second-order valence-electron chi connectivity index (χ2n) is 8.05. The first kappa shape index (κ1) is 18.5. The third-order valence-corrected chi connectivity index (χ3v) is 6.65. The SMILES string of the molecule is C#CC(C[C@H]1C(C)=CC[C@H]2C(C)(C)CCC[C@]12C)OS(=O)(=O)O. The molecule has 1 unspecified atom stereocenters. The molecular formula is C18H28O4S. The molecule has 0 aromatic rings. The molecular weight excluding hydrogens is 312 g/mol. The van der Waals surface area contributed by atoms with E-state index in [-0.39, 0.29) is 16.7 Å². The van der Waals surface area contributed by atoms with Crippen LogP contribution in [0.4, 0.5) is 0 Å². The van der Waals surface area contributed by atoms with Crippen LogP contribution in [0.15, 0.2) is 11.6 Å². The van der Waals surface area contributed by atoms with Gasteiger partial charge in [-0.25, -0.2) is 4.18 Å². The second-order valence-corrected chi connectivity index (χ2v) is 9.10. The van der Waals surface area contributed by atoms with Gasteiger partial charge in [-0.15, -0.1) is 6.42 Å². The van der Waals surface area contributed by atoms with Crippen LogP contribution in [0.2, 0.25) is 0 Å². The molecule has 1 N–H and O–H groups in total. The molecule has 1 saturated carbocycles. The predicted octanol–water partition coefficient (Wildman–Crippen LogP) is 4.00. The molecule has 0 saturated heterocycles. The molecule has 5 heteroatoms. The fraction of sp³-hybridized carbons (Fsp3) is 0.778. The van der Waals surface area contributed by atoms with Crippen LogP contribution in [0.25, 0.3) is 0 Å². The zero-order valence-electron chi connectivity index (χ0n) is 14.5. The minimum absolute atomic E-state index is 0.0816. The molecule has 2 aliphatic rings. The highest BCUT2D eigenvalue weighted by atomic mass is 32.3. The van der Waals surface area contributed by atoms with E-state index in [4.69, 9.17) is 11.0 Å². The highest BCUT2D eigenvalue weighted by molar-refractivity contribution is 7.80. The lowest BCUT2D eigenvalue weighted by Gasteiger charge is -2.57. The normalized spacial score (nSPS) is 34.9. The summed E-state index contributed by atoms with van der Waals surface area (Å²) in [5.41, 5.74) is 1.59. The highest BCUT2D eigenvalue weighted by Crippen LogP contribution is 2.60. The van der Waals surface area contributed by atoms with Crippen molar-refractivity contribution in [3.8, 4) is 12.3 Å². The summed E-state index contributed by atoms with van der Waals surface area (Å²) in [6.45, 7) is 9.05. The molecule has 2 aliphatic carbocycles. The lowest BCUT2D eigenvalue weighted by Crippen LogP contribution is -2.49. The fourth-order valence-corrected chi connectivity index (χ4v) is 5.52. The molecule has 23 heavy (non-hydrogen) atoms. The summed E-state index contributed by atoms with van der Waals surface area (Å²) in [4.78, 5) is 0. The van der Waals surface area contributed by atoms with Crippen LogP contribution in [0.1, 0.15) is 59.8 Å². The van der Waals surface area contributed by atoms with E-state index in [9.17, 15) is 8.42 Å². The van der Waals surface area contributed by atoms with Crippen molar-refractivity contribution in [3.05, 3.63) is 11.6 Å². The predicted molar refractivity (Wildman–Crippen MR) is 91.0 cm³/mol. The number of terminal acetylenes is 1. The molecule has 0 bridgehead atoms. The van der Waals surface area contributed by atoms with Gasteiger partial charge in [-0.3, -0.25) is 4.55 Å². The Bertz CT molecular complexity index is 626. The van der Waals surface area contributed by atoms with E-state index in [1.54, 1.807) is 0 Å². The standard InChI is InChI=1S/C18H28O4S/c1-6-14(22-23(19,20)21)12-15-13(2)8-9-16-17(3,4)10-7-11-18(15,16)5/h1,8,14-16H,7,9-12H2,2-5H3,(H,19,20,21)/t14?,15-,16-,18+/m0/s1. The van der Waals surface area contributed by atoms with Gasteiger partial charge < -0.3 is 0 Å². The monoisotopic (exact) mass is 340 g/mol. The van der Waals surface area contributed by atoms with Crippen LogP contribution in [-0.4, -0.2) is 19.1 Å². The summed E-state index contributed by atoms with van der Waals surface area (Å²) >= 11 is 0. The minimum atomic E-state index is -4.54. The van der Waals surface area contributed by atoms with Crippen molar-refractivity contribution in [2.45, 2.75) is 65.9 Å². The van der Waals surface area contributed by atoms with E-state index in [0.29, 0.717) is 12.3 Å². The third-order valence-electron chi connectivity index (χ3n) is 6.17. The Kier molecular flexibility index (Phi) is 5.02. The summed E-state index contributed by atoms with van der Waals surface area (Å²) < 4.78 is 35.6. The lowest BCUT2D eigenvalue weighted by atomic mass is 9.48. The van der Waals surface area contributed by atoms with E-state index in [2.05, 4.69) is 43.9 Å². The van der Waals surface area contributed by atoms with Crippen LogP contribution in [0.3, 0.4) is 0 Å². The number of hydrogen-bond acceptors (Lipinski definition) is 3. The van der Waals surface area contributed by atoms with Gasteiger partial charge in [0.2, 0.25) is 0 Å².